The number of nitrogens with zero attached hydrogens (tertiary/aromatic N) is 5. The fourth-order valence-electron chi connectivity index (χ4n) is 2.40. The predicted molar refractivity (Wildman–Crippen MR) is 94.2 cm³/mol. The van der Waals surface area contributed by atoms with E-state index in [1.807, 2.05) is 13.8 Å². The lowest BCUT2D eigenvalue weighted by Gasteiger charge is -2.15. The first kappa shape index (κ1) is 18.2. The van der Waals surface area contributed by atoms with Gasteiger partial charge in [-0.25, -0.2) is 14.8 Å². The smallest absolute Gasteiger partial charge is 0.277 e. The van der Waals surface area contributed by atoms with Gasteiger partial charge in [-0.15, -0.1) is 11.8 Å². The van der Waals surface area contributed by atoms with E-state index in [4.69, 9.17) is 5.26 Å². The average Bonchev–Trinajstić information content (AvgIpc) is 2.52. The summed E-state index contributed by atoms with van der Waals surface area (Å²) in [6, 6.07) is 2.10. The number of thioether (sulfide) groups is 1. The standard InChI is InChI=1S/C16H21N5O2S/c1-10(2)9-21-13-12(15(22)20(4)16(21)23)14(19-11(3)18-13)24-8-6-5-7-17/h10H,5-6,8-9H2,1-4H3. The number of unbranched alkanes of at least 4 members (excludes halogenated alkanes) is 1. The Morgan fingerprint density at radius 3 is 2.62 bits per heavy atom. The highest BCUT2D eigenvalue weighted by Crippen LogP contribution is 2.23. The molecular weight excluding hydrogens is 326 g/mol. The Hall–Kier alpha value is -2.14. The number of nitriles is 1. The van der Waals surface area contributed by atoms with Crippen LogP contribution < -0.4 is 11.2 Å². The number of aryl methyl sites for hydroxylation is 1. The van der Waals surface area contributed by atoms with Crippen molar-refractivity contribution in [1.82, 2.24) is 19.1 Å². The van der Waals surface area contributed by atoms with Gasteiger partial charge in [-0.3, -0.25) is 13.9 Å². The lowest BCUT2D eigenvalue weighted by molar-refractivity contribution is 0.498. The van der Waals surface area contributed by atoms with Crippen molar-refractivity contribution in [2.45, 2.75) is 45.2 Å². The molecule has 0 saturated carbocycles. The summed E-state index contributed by atoms with van der Waals surface area (Å²) in [6.45, 7) is 6.25. The van der Waals surface area contributed by atoms with Crippen LogP contribution in [0.2, 0.25) is 0 Å². The van der Waals surface area contributed by atoms with Gasteiger partial charge in [0.1, 0.15) is 16.2 Å². The molecule has 0 unspecified atom stereocenters. The minimum Gasteiger partial charge on any atom is -0.277 e. The Morgan fingerprint density at radius 1 is 1.29 bits per heavy atom. The number of hydrogen-bond acceptors (Lipinski definition) is 6. The highest BCUT2D eigenvalue weighted by molar-refractivity contribution is 7.99. The van der Waals surface area contributed by atoms with Crippen LogP contribution in [0.15, 0.2) is 14.6 Å². The van der Waals surface area contributed by atoms with Gasteiger partial charge in [0, 0.05) is 25.8 Å². The molecule has 0 bridgehead atoms. The Bertz CT molecular complexity index is 908. The van der Waals surface area contributed by atoms with Gasteiger partial charge >= 0.3 is 5.69 Å². The number of rotatable bonds is 6. The Balaban J connectivity index is 2.68. The molecule has 0 spiro atoms. The number of fused-ring (bicyclic) bond motifs is 1. The fraction of sp³-hybridized carbons (Fsp3) is 0.562. The Morgan fingerprint density at radius 2 is 2.00 bits per heavy atom. The van der Waals surface area contributed by atoms with Crippen LogP contribution in [-0.2, 0) is 13.6 Å². The van der Waals surface area contributed by atoms with Crippen molar-refractivity contribution in [3.63, 3.8) is 0 Å². The van der Waals surface area contributed by atoms with Crippen LogP contribution in [0.3, 0.4) is 0 Å². The maximum absolute atomic E-state index is 12.6. The molecule has 0 atom stereocenters. The van der Waals surface area contributed by atoms with Crippen LogP contribution in [0, 0.1) is 24.2 Å². The number of aromatic nitrogens is 4. The van der Waals surface area contributed by atoms with Crippen LogP contribution in [0.4, 0.5) is 0 Å². The third-order valence-corrected chi connectivity index (χ3v) is 4.54. The van der Waals surface area contributed by atoms with E-state index in [-0.39, 0.29) is 17.2 Å². The van der Waals surface area contributed by atoms with Crippen molar-refractivity contribution >= 4 is 22.8 Å². The summed E-state index contributed by atoms with van der Waals surface area (Å²) in [5.74, 6) is 1.45. The van der Waals surface area contributed by atoms with Crippen molar-refractivity contribution in [2.24, 2.45) is 13.0 Å². The van der Waals surface area contributed by atoms with Crippen LogP contribution in [0.5, 0.6) is 0 Å². The van der Waals surface area contributed by atoms with Crippen molar-refractivity contribution in [3.05, 3.63) is 26.7 Å². The van der Waals surface area contributed by atoms with Gasteiger partial charge in [-0.1, -0.05) is 13.8 Å². The molecule has 24 heavy (non-hydrogen) atoms. The summed E-state index contributed by atoms with van der Waals surface area (Å²) >= 11 is 1.43. The van der Waals surface area contributed by atoms with E-state index in [0.29, 0.717) is 40.6 Å². The molecule has 128 valence electrons. The van der Waals surface area contributed by atoms with Gasteiger partial charge in [0.15, 0.2) is 5.65 Å². The highest BCUT2D eigenvalue weighted by Gasteiger charge is 2.18. The van der Waals surface area contributed by atoms with Gasteiger partial charge in [-0.05, 0) is 19.3 Å². The molecular formula is C16H21N5O2S. The van der Waals surface area contributed by atoms with Crippen molar-refractivity contribution in [3.8, 4) is 6.07 Å². The molecule has 2 heterocycles. The summed E-state index contributed by atoms with van der Waals surface area (Å²) in [4.78, 5) is 33.9. The van der Waals surface area contributed by atoms with Crippen LogP contribution >= 0.6 is 11.8 Å². The van der Waals surface area contributed by atoms with Gasteiger partial charge < -0.3 is 0 Å². The van der Waals surface area contributed by atoms with E-state index >= 15 is 0 Å². The maximum atomic E-state index is 12.6. The quantitative estimate of drug-likeness (QED) is 0.450. The van der Waals surface area contributed by atoms with E-state index in [2.05, 4.69) is 16.0 Å². The molecule has 0 fully saturated rings. The molecule has 0 amide bonds. The molecule has 0 saturated heterocycles. The molecule has 2 aromatic heterocycles. The lowest BCUT2D eigenvalue weighted by Crippen LogP contribution is -2.39. The molecule has 2 aromatic rings. The van der Waals surface area contributed by atoms with Crippen molar-refractivity contribution in [2.75, 3.05) is 5.75 Å². The van der Waals surface area contributed by atoms with E-state index in [1.54, 1.807) is 11.5 Å². The summed E-state index contributed by atoms with van der Waals surface area (Å²) in [5, 5.41) is 9.59. The second-order valence-corrected chi connectivity index (χ2v) is 7.12. The summed E-state index contributed by atoms with van der Waals surface area (Å²) in [6.07, 6.45) is 1.18. The number of hydrogen-bond donors (Lipinski definition) is 0. The predicted octanol–water partition coefficient (Wildman–Crippen LogP) is 1.85. The third-order valence-electron chi connectivity index (χ3n) is 3.48. The lowest BCUT2D eigenvalue weighted by atomic mass is 10.2. The molecule has 2 rings (SSSR count). The average molecular weight is 347 g/mol. The van der Waals surface area contributed by atoms with Gasteiger partial charge in [0.05, 0.1) is 6.07 Å². The van der Waals surface area contributed by atoms with E-state index < -0.39 is 0 Å². The zero-order chi connectivity index (χ0) is 17.9. The van der Waals surface area contributed by atoms with E-state index in [1.165, 1.54) is 18.8 Å². The molecule has 0 aliphatic heterocycles. The summed E-state index contributed by atoms with van der Waals surface area (Å²) in [7, 11) is 1.48. The Labute approximate surface area is 144 Å². The minimum absolute atomic E-state index is 0.241. The van der Waals surface area contributed by atoms with Gasteiger partial charge in [-0.2, -0.15) is 5.26 Å². The first-order valence-corrected chi connectivity index (χ1v) is 8.83. The molecule has 0 aliphatic rings. The maximum Gasteiger partial charge on any atom is 0.332 e. The summed E-state index contributed by atoms with van der Waals surface area (Å²) in [5.41, 5.74) is -0.343. The first-order valence-electron chi connectivity index (χ1n) is 7.84. The zero-order valence-electron chi connectivity index (χ0n) is 14.4. The second kappa shape index (κ2) is 7.62. The zero-order valence-corrected chi connectivity index (χ0v) is 15.2. The third kappa shape index (κ3) is 3.67. The minimum atomic E-state index is -0.377. The molecule has 0 radical (unpaired) electrons. The topological polar surface area (TPSA) is 93.6 Å². The monoisotopic (exact) mass is 347 g/mol. The molecule has 8 heteroatoms. The van der Waals surface area contributed by atoms with Crippen molar-refractivity contribution < 1.29 is 0 Å². The highest BCUT2D eigenvalue weighted by atomic mass is 32.2. The summed E-state index contributed by atoms with van der Waals surface area (Å²) < 4.78 is 2.66. The molecule has 0 aromatic carbocycles. The van der Waals surface area contributed by atoms with Crippen LogP contribution in [0.25, 0.3) is 11.0 Å². The largest absolute Gasteiger partial charge is 0.332 e. The first-order chi connectivity index (χ1) is 11.4. The van der Waals surface area contributed by atoms with Crippen molar-refractivity contribution in [1.29, 1.82) is 5.26 Å². The normalized spacial score (nSPS) is 11.2. The van der Waals surface area contributed by atoms with Crippen LogP contribution in [-0.4, -0.2) is 24.9 Å². The van der Waals surface area contributed by atoms with E-state index in [9.17, 15) is 9.59 Å². The molecule has 7 nitrogen and oxygen atoms in total. The second-order valence-electron chi connectivity index (χ2n) is 6.04. The molecule has 0 aliphatic carbocycles. The SMILES string of the molecule is Cc1nc(SCCCC#N)c2c(=O)n(C)c(=O)n(CC(C)C)c2n1. The fourth-order valence-corrected chi connectivity index (χ4v) is 3.40. The van der Waals surface area contributed by atoms with Crippen LogP contribution in [0.1, 0.15) is 32.5 Å². The Kier molecular flexibility index (Phi) is 5.78. The van der Waals surface area contributed by atoms with Gasteiger partial charge in [0.25, 0.3) is 5.56 Å². The molecule has 0 N–H and O–H groups in total. The van der Waals surface area contributed by atoms with E-state index in [0.717, 1.165) is 11.0 Å². The van der Waals surface area contributed by atoms with Gasteiger partial charge in [0.2, 0.25) is 0 Å².